The third kappa shape index (κ3) is 6.13. The maximum atomic E-state index is 14.7. The van der Waals surface area contributed by atoms with Crippen molar-refractivity contribution in [3.8, 4) is 29.0 Å². The number of piperidine rings is 1. The van der Waals surface area contributed by atoms with Gasteiger partial charge in [-0.15, -0.1) is 0 Å². The minimum Gasteiger partial charge on any atom is -0.485 e. The van der Waals surface area contributed by atoms with Crippen LogP contribution in [0, 0.1) is 22.6 Å². The van der Waals surface area contributed by atoms with Gasteiger partial charge in [-0.2, -0.15) is 23.5 Å². The molecule has 4 aromatic rings. The Morgan fingerprint density at radius 1 is 1.11 bits per heavy atom. The van der Waals surface area contributed by atoms with Crippen LogP contribution in [-0.4, -0.2) is 44.8 Å². The lowest BCUT2D eigenvalue weighted by Gasteiger charge is -2.35. The van der Waals surface area contributed by atoms with Crippen LogP contribution >= 0.6 is 11.6 Å². The van der Waals surface area contributed by atoms with Crippen LogP contribution in [0.1, 0.15) is 65.9 Å². The number of hydrogen-bond donors (Lipinski definition) is 1. The van der Waals surface area contributed by atoms with E-state index in [1.165, 1.54) is 12.3 Å². The minimum atomic E-state index is -4.64. The second kappa shape index (κ2) is 11.9. The highest BCUT2D eigenvalue weighted by Crippen LogP contribution is 2.49. The Kier molecular flexibility index (Phi) is 7.85. The number of ether oxygens (including phenoxy) is 2. The zero-order valence-corrected chi connectivity index (χ0v) is 25.3. The van der Waals surface area contributed by atoms with Crippen LogP contribution in [0.25, 0.3) is 11.4 Å². The molecule has 46 heavy (non-hydrogen) atoms. The molecule has 0 bridgehead atoms. The normalized spacial score (nSPS) is 19.5. The number of nitriles is 1. The van der Waals surface area contributed by atoms with E-state index in [2.05, 4.69) is 26.0 Å². The van der Waals surface area contributed by atoms with Crippen LogP contribution in [0.2, 0.25) is 5.02 Å². The standard InChI is InChI=1S/C33H29ClF4N6O2/c34-22-4-5-24(25(35)13-22)28-17-45-27-3-1-2-23(29(27)46-28)19-6-10-44(11-7-19)16-26-20(14-32(18-39)8-9-32)12-21(15-40-26)30-41-31(43-42-30)33(36,37)38/h1-5,12-13,15,19,28H,6-11,14,16-17H2,(H,41,42,43)/t28-/m1/s1. The molecule has 7 rings (SSSR count). The third-order valence-electron chi connectivity index (χ3n) is 9.06. The summed E-state index contributed by atoms with van der Waals surface area (Å²) in [7, 11) is 0. The Balaban J connectivity index is 1.06. The van der Waals surface area contributed by atoms with Crippen LogP contribution in [0.4, 0.5) is 17.6 Å². The van der Waals surface area contributed by atoms with Gasteiger partial charge in [0.05, 0.1) is 17.2 Å². The number of fused-ring (bicyclic) bond motifs is 1. The number of likely N-dealkylation sites (tertiary alicyclic amines) is 1. The highest BCUT2D eigenvalue weighted by Gasteiger charge is 2.44. The van der Waals surface area contributed by atoms with Crippen LogP contribution in [-0.2, 0) is 19.1 Å². The molecule has 0 radical (unpaired) electrons. The van der Waals surface area contributed by atoms with Gasteiger partial charge in [0.2, 0.25) is 5.82 Å². The van der Waals surface area contributed by atoms with Gasteiger partial charge in [-0.25, -0.2) is 9.37 Å². The molecule has 8 nitrogen and oxygen atoms in total. The number of aromatic nitrogens is 4. The molecule has 1 saturated heterocycles. The molecule has 1 atom stereocenters. The molecule has 238 valence electrons. The molecule has 4 heterocycles. The summed E-state index contributed by atoms with van der Waals surface area (Å²) in [6.07, 6.45) is -0.0465. The Morgan fingerprint density at radius 3 is 2.61 bits per heavy atom. The number of H-pyrrole nitrogens is 1. The molecule has 0 unspecified atom stereocenters. The van der Waals surface area contributed by atoms with Gasteiger partial charge in [0, 0.05) is 34.5 Å². The first-order valence-corrected chi connectivity index (χ1v) is 15.5. The Bertz CT molecular complexity index is 1810. The largest absolute Gasteiger partial charge is 0.485 e. The van der Waals surface area contributed by atoms with Gasteiger partial charge in [-0.05, 0) is 80.9 Å². The summed E-state index contributed by atoms with van der Waals surface area (Å²) < 4.78 is 66.4. The molecular formula is C33H29ClF4N6O2. The summed E-state index contributed by atoms with van der Waals surface area (Å²) in [5, 5.41) is 15.8. The molecule has 0 amide bonds. The van der Waals surface area contributed by atoms with Gasteiger partial charge in [-0.3, -0.25) is 15.0 Å². The van der Waals surface area contributed by atoms with Crippen molar-refractivity contribution < 1.29 is 27.0 Å². The summed E-state index contributed by atoms with van der Waals surface area (Å²) >= 11 is 5.95. The molecule has 13 heteroatoms. The number of nitrogens with one attached hydrogen (secondary N) is 1. The van der Waals surface area contributed by atoms with Crippen molar-refractivity contribution in [2.75, 3.05) is 19.7 Å². The molecule has 1 saturated carbocycles. The Labute approximate surface area is 267 Å². The number of rotatable bonds is 7. The predicted molar refractivity (Wildman–Crippen MR) is 160 cm³/mol. The molecule has 2 aromatic heterocycles. The number of para-hydroxylation sites is 1. The molecule has 0 spiro atoms. The summed E-state index contributed by atoms with van der Waals surface area (Å²) in [6, 6.07) is 14.5. The summed E-state index contributed by atoms with van der Waals surface area (Å²) in [4.78, 5) is 10.6. The van der Waals surface area contributed by atoms with Crippen molar-refractivity contribution >= 4 is 11.6 Å². The van der Waals surface area contributed by atoms with Gasteiger partial charge in [0.25, 0.3) is 0 Å². The molecule has 1 aliphatic carbocycles. The lowest BCUT2D eigenvalue weighted by Crippen LogP contribution is -2.33. The Hall–Kier alpha value is -4.21. The first-order chi connectivity index (χ1) is 22.1. The second-order valence-electron chi connectivity index (χ2n) is 12.2. The van der Waals surface area contributed by atoms with Crippen LogP contribution < -0.4 is 9.47 Å². The molecular weight excluding hydrogens is 624 g/mol. The fourth-order valence-corrected chi connectivity index (χ4v) is 6.44. The minimum absolute atomic E-state index is 0.0892. The summed E-state index contributed by atoms with van der Waals surface area (Å²) in [5.41, 5.74) is 2.92. The van der Waals surface area contributed by atoms with Crippen molar-refractivity contribution in [1.29, 1.82) is 5.26 Å². The topological polar surface area (TPSA) is 100.0 Å². The van der Waals surface area contributed by atoms with Crippen molar-refractivity contribution in [2.24, 2.45) is 5.41 Å². The van der Waals surface area contributed by atoms with Crippen LogP contribution in [0.15, 0.2) is 48.7 Å². The zero-order valence-electron chi connectivity index (χ0n) is 24.6. The zero-order chi connectivity index (χ0) is 32.1. The van der Waals surface area contributed by atoms with Crippen molar-refractivity contribution in [3.63, 3.8) is 0 Å². The SMILES string of the molecule is N#CC1(Cc2cc(-c3n[nH]c(C(F)(F)F)n3)cnc2CN2CCC(c3cccc4c3O[C@@H](c3ccc(Cl)cc3F)CO4)CC2)CC1. The number of pyridine rings is 1. The number of benzene rings is 2. The maximum Gasteiger partial charge on any atom is 0.451 e. The van der Waals surface area contributed by atoms with E-state index < -0.39 is 29.3 Å². The third-order valence-corrected chi connectivity index (χ3v) is 9.30. The summed E-state index contributed by atoms with van der Waals surface area (Å²) in [5.74, 6) is -0.229. The van der Waals surface area contributed by atoms with Gasteiger partial charge in [0.1, 0.15) is 12.4 Å². The lowest BCUT2D eigenvalue weighted by atomic mass is 9.88. The fourth-order valence-electron chi connectivity index (χ4n) is 6.28. The fraction of sp³-hybridized carbons (Fsp3) is 0.394. The summed E-state index contributed by atoms with van der Waals surface area (Å²) in [6.45, 7) is 2.27. The van der Waals surface area contributed by atoms with E-state index in [0.29, 0.717) is 40.6 Å². The monoisotopic (exact) mass is 652 g/mol. The van der Waals surface area contributed by atoms with E-state index in [0.717, 1.165) is 55.6 Å². The molecule has 2 aliphatic heterocycles. The van der Waals surface area contributed by atoms with Crippen molar-refractivity contribution in [3.05, 3.63) is 87.7 Å². The van der Waals surface area contributed by atoms with E-state index in [9.17, 15) is 22.8 Å². The highest BCUT2D eigenvalue weighted by molar-refractivity contribution is 6.30. The van der Waals surface area contributed by atoms with Gasteiger partial charge in [0.15, 0.2) is 23.4 Å². The van der Waals surface area contributed by atoms with Gasteiger partial charge < -0.3 is 9.47 Å². The van der Waals surface area contributed by atoms with E-state index in [1.807, 2.05) is 23.3 Å². The Morgan fingerprint density at radius 2 is 1.91 bits per heavy atom. The molecule has 3 aliphatic rings. The number of aromatic amines is 1. The number of hydrogen-bond acceptors (Lipinski definition) is 7. The number of halogens is 5. The lowest BCUT2D eigenvalue weighted by molar-refractivity contribution is -0.144. The van der Waals surface area contributed by atoms with Crippen molar-refractivity contribution in [1.82, 2.24) is 25.1 Å². The average Bonchev–Trinajstić information content (AvgIpc) is 3.62. The number of alkyl halides is 3. The van der Waals surface area contributed by atoms with Crippen LogP contribution in [0.3, 0.4) is 0 Å². The highest BCUT2D eigenvalue weighted by atomic mass is 35.5. The molecule has 2 fully saturated rings. The quantitative estimate of drug-likeness (QED) is 0.208. The number of nitrogens with zero attached hydrogens (tertiary/aromatic N) is 5. The van der Waals surface area contributed by atoms with E-state index in [1.54, 1.807) is 18.2 Å². The molecule has 1 N–H and O–H groups in total. The predicted octanol–water partition coefficient (Wildman–Crippen LogP) is 7.42. The maximum absolute atomic E-state index is 14.7. The van der Waals surface area contributed by atoms with Gasteiger partial charge >= 0.3 is 6.18 Å². The second-order valence-corrected chi connectivity index (χ2v) is 12.6. The van der Waals surface area contributed by atoms with E-state index in [4.69, 9.17) is 21.1 Å². The van der Waals surface area contributed by atoms with Gasteiger partial charge in [-0.1, -0.05) is 29.8 Å². The van der Waals surface area contributed by atoms with Crippen LogP contribution in [0.5, 0.6) is 11.5 Å². The molecule has 2 aromatic carbocycles. The first-order valence-electron chi connectivity index (χ1n) is 15.1. The first kappa shape index (κ1) is 30.4. The van der Waals surface area contributed by atoms with E-state index in [-0.39, 0.29) is 18.3 Å². The smallest absolute Gasteiger partial charge is 0.451 e. The average molecular weight is 653 g/mol. The van der Waals surface area contributed by atoms with E-state index >= 15 is 0 Å². The van der Waals surface area contributed by atoms with Crippen molar-refractivity contribution in [2.45, 2.75) is 56.8 Å².